The van der Waals surface area contributed by atoms with E-state index in [-0.39, 0.29) is 59.1 Å². The fourth-order valence-corrected chi connectivity index (χ4v) is 4.54. The van der Waals surface area contributed by atoms with Crippen LogP contribution in [0.4, 0.5) is 13.2 Å². The molecule has 2 N–H and O–H groups in total. The molecule has 1 fully saturated rings. The molecule has 1 unspecified atom stereocenters. The van der Waals surface area contributed by atoms with Gasteiger partial charge in [0.2, 0.25) is 5.89 Å². The largest absolute Gasteiger partial charge is 0.494 e. The van der Waals surface area contributed by atoms with E-state index >= 15 is 0 Å². The van der Waals surface area contributed by atoms with E-state index in [0.29, 0.717) is 5.57 Å². The van der Waals surface area contributed by atoms with Crippen LogP contribution in [0.5, 0.6) is 5.75 Å². The summed E-state index contributed by atoms with van der Waals surface area (Å²) in [5.41, 5.74) is 4.47. The van der Waals surface area contributed by atoms with Gasteiger partial charge >= 0.3 is 12.1 Å². The Morgan fingerprint density at radius 3 is 2.58 bits per heavy atom. The molecule has 0 radical (unpaired) electrons. The molecule has 38 heavy (non-hydrogen) atoms. The van der Waals surface area contributed by atoms with E-state index in [9.17, 15) is 22.8 Å². The predicted molar refractivity (Wildman–Crippen MR) is 131 cm³/mol. The van der Waals surface area contributed by atoms with Crippen LogP contribution >= 0.6 is 0 Å². The highest BCUT2D eigenvalue weighted by atomic mass is 19.4. The molecular formula is C26H27F3N4O5. The lowest BCUT2D eigenvalue weighted by molar-refractivity contribution is -0.153. The number of benzene rings is 1. The molecule has 2 aromatic heterocycles. The van der Waals surface area contributed by atoms with Crippen LogP contribution < -0.4 is 10.5 Å². The lowest BCUT2D eigenvalue weighted by atomic mass is 9.97. The first-order valence-electron chi connectivity index (χ1n) is 11.8. The molecule has 1 aromatic carbocycles. The third-order valence-corrected chi connectivity index (χ3v) is 6.36. The van der Waals surface area contributed by atoms with Gasteiger partial charge in [-0.2, -0.15) is 13.2 Å². The number of hydrogen-bond donors (Lipinski definition) is 1. The van der Waals surface area contributed by atoms with Crippen molar-refractivity contribution in [2.24, 2.45) is 5.73 Å². The monoisotopic (exact) mass is 532 g/mol. The molecule has 1 aliphatic heterocycles. The van der Waals surface area contributed by atoms with Crippen LogP contribution in [0.25, 0.3) is 22.4 Å². The molecule has 0 spiro atoms. The number of hydrogen-bond acceptors (Lipinski definition) is 8. The van der Waals surface area contributed by atoms with Crippen LogP contribution in [0.1, 0.15) is 55.2 Å². The van der Waals surface area contributed by atoms with Crippen molar-refractivity contribution in [1.82, 2.24) is 14.9 Å². The Morgan fingerprint density at radius 1 is 1.26 bits per heavy atom. The number of rotatable bonds is 6. The number of halogens is 3. The first kappa shape index (κ1) is 27.1. The van der Waals surface area contributed by atoms with Gasteiger partial charge in [0.25, 0.3) is 5.91 Å². The van der Waals surface area contributed by atoms with E-state index < -0.39 is 35.3 Å². The third kappa shape index (κ3) is 4.60. The quantitative estimate of drug-likeness (QED) is 0.360. The molecule has 1 saturated heterocycles. The zero-order chi connectivity index (χ0) is 28.0. The Kier molecular flexibility index (Phi) is 6.96. The Bertz CT molecular complexity index is 1430. The molecule has 4 rings (SSSR count). The maximum Gasteiger partial charge on any atom is 0.433 e. The number of likely N-dealkylation sites (tertiary alicyclic amines) is 1. The number of ether oxygens (including phenoxy) is 2. The van der Waals surface area contributed by atoms with Crippen LogP contribution in [0.3, 0.4) is 0 Å². The highest BCUT2D eigenvalue weighted by Crippen LogP contribution is 2.39. The zero-order valence-electron chi connectivity index (χ0n) is 21.3. The van der Waals surface area contributed by atoms with Gasteiger partial charge in [-0.15, -0.1) is 0 Å². The SMILES string of the molecule is C=C1CN(C(=O)c2nc(-c3ccc(OC)c4nc(C(F)(F)F)ccc34)oc2[C@H](C)N)C(C)(C(=O)OCC)C1. The van der Waals surface area contributed by atoms with Gasteiger partial charge in [0.15, 0.2) is 11.5 Å². The summed E-state index contributed by atoms with van der Waals surface area (Å²) in [5.74, 6) is -1.07. The van der Waals surface area contributed by atoms with Gasteiger partial charge in [0.1, 0.15) is 22.5 Å². The van der Waals surface area contributed by atoms with Crippen molar-refractivity contribution in [3.8, 4) is 17.2 Å². The molecule has 3 aromatic rings. The average molecular weight is 533 g/mol. The van der Waals surface area contributed by atoms with Crippen molar-refractivity contribution < 1.29 is 36.7 Å². The predicted octanol–water partition coefficient (Wildman–Crippen LogP) is 4.66. The van der Waals surface area contributed by atoms with Gasteiger partial charge < -0.3 is 24.5 Å². The van der Waals surface area contributed by atoms with Gasteiger partial charge in [0.05, 0.1) is 19.8 Å². The number of fused-ring (bicyclic) bond motifs is 1. The van der Waals surface area contributed by atoms with E-state index in [1.54, 1.807) is 26.8 Å². The van der Waals surface area contributed by atoms with E-state index in [1.165, 1.54) is 24.1 Å². The second kappa shape index (κ2) is 9.75. The molecule has 3 heterocycles. The number of nitrogens with two attached hydrogens (primary N) is 1. The Labute approximate surface area is 216 Å². The van der Waals surface area contributed by atoms with Crippen LogP contribution in [0, 0.1) is 0 Å². The number of alkyl halides is 3. The molecule has 9 nitrogen and oxygen atoms in total. The summed E-state index contributed by atoms with van der Waals surface area (Å²) in [6.07, 6.45) is -4.45. The first-order valence-corrected chi connectivity index (χ1v) is 11.8. The molecule has 0 saturated carbocycles. The highest BCUT2D eigenvalue weighted by molar-refractivity contribution is 6.00. The maximum atomic E-state index is 13.7. The maximum absolute atomic E-state index is 13.7. The highest BCUT2D eigenvalue weighted by Gasteiger charge is 2.50. The van der Waals surface area contributed by atoms with Crippen molar-refractivity contribution in [3.05, 3.63) is 53.6 Å². The number of aromatic nitrogens is 2. The Balaban J connectivity index is 1.85. The van der Waals surface area contributed by atoms with E-state index in [2.05, 4.69) is 16.5 Å². The lowest BCUT2D eigenvalue weighted by Gasteiger charge is -2.32. The molecule has 0 aliphatic carbocycles. The summed E-state index contributed by atoms with van der Waals surface area (Å²) in [6.45, 7) is 9.03. The molecular weight excluding hydrogens is 505 g/mol. The van der Waals surface area contributed by atoms with Crippen LogP contribution in [0.15, 0.2) is 40.8 Å². The van der Waals surface area contributed by atoms with Crippen molar-refractivity contribution >= 4 is 22.8 Å². The molecule has 1 aliphatic rings. The molecule has 202 valence electrons. The van der Waals surface area contributed by atoms with Crippen molar-refractivity contribution in [3.63, 3.8) is 0 Å². The Hall–Kier alpha value is -3.93. The number of amides is 1. The van der Waals surface area contributed by atoms with Gasteiger partial charge in [-0.05, 0) is 45.0 Å². The third-order valence-electron chi connectivity index (χ3n) is 6.36. The number of pyridine rings is 1. The van der Waals surface area contributed by atoms with Gasteiger partial charge in [-0.1, -0.05) is 12.2 Å². The minimum atomic E-state index is -4.66. The topological polar surface area (TPSA) is 121 Å². The van der Waals surface area contributed by atoms with Crippen LogP contribution in [0.2, 0.25) is 0 Å². The van der Waals surface area contributed by atoms with Crippen molar-refractivity contribution in [2.75, 3.05) is 20.3 Å². The summed E-state index contributed by atoms with van der Waals surface area (Å²) < 4.78 is 56.3. The second-order valence-corrected chi connectivity index (χ2v) is 9.24. The molecule has 12 heteroatoms. The summed E-state index contributed by atoms with van der Waals surface area (Å²) >= 11 is 0. The number of carbonyl (C=O) groups excluding carboxylic acids is 2. The fourth-order valence-electron chi connectivity index (χ4n) is 4.54. The summed E-state index contributed by atoms with van der Waals surface area (Å²) in [6, 6.07) is 4.29. The van der Waals surface area contributed by atoms with E-state index in [4.69, 9.17) is 19.6 Å². The van der Waals surface area contributed by atoms with Crippen LogP contribution in [-0.2, 0) is 15.7 Å². The Morgan fingerprint density at radius 2 is 1.97 bits per heavy atom. The molecule has 1 amide bonds. The average Bonchev–Trinajstić information content (AvgIpc) is 3.44. The normalized spacial score (nSPS) is 18.6. The van der Waals surface area contributed by atoms with E-state index in [0.717, 1.165) is 6.07 Å². The zero-order valence-corrected chi connectivity index (χ0v) is 21.3. The van der Waals surface area contributed by atoms with Crippen LogP contribution in [-0.4, -0.2) is 52.5 Å². The minimum Gasteiger partial charge on any atom is -0.494 e. The molecule has 2 atom stereocenters. The molecule has 0 bridgehead atoms. The van der Waals surface area contributed by atoms with Gasteiger partial charge in [-0.25, -0.2) is 14.8 Å². The first-order chi connectivity index (χ1) is 17.8. The summed E-state index contributed by atoms with van der Waals surface area (Å²) in [7, 11) is 1.32. The summed E-state index contributed by atoms with van der Waals surface area (Å²) in [4.78, 5) is 36.0. The minimum absolute atomic E-state index is 0.0503. The number of oxazole rings is 1. The van der Waals surface area contributed by atoms with Gasteiger partial charge in [-0.3, -0.25) is 4.79 Å². The lowest BCUT2D eigenvalue weighted by Crippen LogP contribution is -2.52. The number of esters is 1. The fraction of sp³-hybridized carbons (Fsp3) is 0.385. The smallest absolute Gasteiger partial charge is 0.433 e. The van der Waals surface area contributed by atoms with Crippen molar-refractivity contribution in [2.45, 2.75) is 44.9 Å². The number of methoxy groups -OCH3 is 1. The summed E-state index contributed by atoms with van der Waals surface area (Å²) in [5, 5.41) is 0.264. The number of nitrogens with zero attached hydrogens (tertiary/aromatic N) is 3. The second-order valence-electron chi connectivity index (χ2n) is 9.24. The van der Waals surface area contributed by atoms with Crippen molar-refractivity contribution in [1.29, 1.82) is 0 Å². The number of carbonyl (C=O) groups is 2. The standard InChI is InChI=1S/C26H27F3N4O5/c1-6-37-24(35)25(4)11-13(2)12-33(25)23(34)20-21(14(3)30)38-22(32-20)16-7-9-17(36-5)19-15(16)8-10-18(31-19)26(27,28)29/h7-10,14H,2,6,11-12,30H2,1,3-5H3/t14-,25?/m0/s1. The van der Waals surface area contributed by atoms with E-state index in [1.807, 2.05) is 0 Å². The van der Waals surface area contributed by atoms with Gasteiger partial charge in [0, 0.05) is 23.9 Å².